The monoisotopic (exact) mass is 172 g/mol. The molecule has 3 heteroatoms. The van der Waals surface area contributed by atoms with Gasteiger partial charge in [-0.05, 0) is 5.92 Å². The topological polar surface area (TPSA) is 0 Å². The predicted molar refractivity (Wildman–Crippen MR) is 43.8 cm³/mol. The van der Waals surface area contributed by atoms with Crippen LogP contribution in [0.5, 0.6) is 0 Å². The van der Waals surface area contributed by atoms with Gasteiger partial charge in [0.25, 0.3) is 0 Å². The molecule has 0 bridgehead atoms. The Balaban J connectivity index is 2.85. The highest BCUT2D eigenvalue weighted by Crippen LogP contribution is 2.43. The van der Waals surface area contributed by atoms with E-state index in [1.54, 1.807) is 19.1 Å². The zero-order chi connectivity index (χ0) is 8.48. The van der Waals surface area contributed by atoms with E-state index in [0.717, 1.165) is 0 Å². The molecule has 0 radical (unpaired) electrons. The zero-order valence-corrected chi connectivity index (χ0v) is 7.87. The summed E-state index contributed by atoms with van der Waals surface area (Å²) in [6.45, 7) is 3.49. The molecule has 0 nitrogen and oxygen atoms in total. The van der Waals surface area contributed by atoms with Crippen LogP contribution in [0, 0.1) is 5.92 Å². The van der Waals surface area contributed by atoms with Crippen molar-refractivity contribution in [1.29, 1.82) is 0 Å². The van der Waals surface area contributed by atoms with E-state index in [1.807, 2.05) is 19.1 Å². The first-order valence-corrected chi connectivity index (χ1v) is 5.16. The molecule has 0 aliphatic heterocycles. The molecule has 0 aromatic heterocycles. The van der Waals surface area contributed by atoms with Crippen LogP contribution in [0.15, 0.2) is 24.3 Å². The molecule has 1 aliphatic rings. The minimum absolute atomic E-state index is 0.0147. The van der Waals surface area contributed by atoms with Gasteiger partial charge in [0.2, 0.25) is 0 Å². The Labute approximate surface area is 70.9 Å². The van der Waals surface area contributed by atoms with Crippen LogP contribution in [-0.4, -0.2) is 15.1 Å². The molecule has 2 unspecified atom stereocenters. The van der Waals surface area contributed by atoms with Crippen LogP contribution in [0.4, 0.5) is 7.05 Å². The van der Waals surface area contributed by atoms with Gasteiger partial charge in [-0.15, -0.1) is 0 Å². The van der Waals surface area contributed by atoms with Gasteiger partial charge in [0.15, 0.2) is 0 Å². The number of allylic oxidation sites excluding steroid dienone is 4. The van der Waals surface area contributed by atoms with Gasteiger partial charge < -0.3 is 7.05 Å². The van der Waals surface area contributed by atoms with Crippen molar-refractivity contribution >= 4 is 15.1 Å². The van der Waals surface area contributed by atoms with Crippen molar-refractivity contribution in [3.8, 4) is 0 Å². The van der Waals surface area contributed by atoms with Crippen molar-refractivity contribution in [2.45, 2.75) is 18.1 Å². The van der Waals surface area contributed by atoms with E-state index in [-0.39, 0.29) is 5.92 Å². The summed E-state index contributed by atoms with van der Waals surface area (Å²) < 4.78 is 24.4. The van der Waals surface area contributed by atoms with Crippen LogP contribution in [0.2, 0.25) is 4.28 Å². The van der Waals surface area contributed by atoms with E-state index in [0.29, 0.717) is 0 Å². The normalized spacial score (nSPS) is 35.8. The molecular weight excluding hydrogens is 161 g/mol. The Morgan fingerprint density at radius 2 is 2.00 bits per heavy atom. The van der Waals surface area contributed by atoms with Gasteiger partial charge in [0.05, 0.1) is 0 Å². The molecule has 11 heavy (non-hydrogen) atoms. The fraction of sp³-hybridized carbons (Fsp3) is 0.500. The number of halogens is 2. The lowest BCUT2D eigenvalue weighted by molar-refractivity contribution is 0.474. The molecule has 60 valence electrons. The summed E-state index contributed by atoms with van der Waals surface area (Å²) in [6.07, 6.45) is 7.05. The summed E-state index contributed by atoms with van der Waals surface area (Å²) in [5.41, 5.74) is 0. The Morgan fingerprint density at radius 3 is 2.36 bits per heavy atom. The van der Waals surface area contributed by atoms with E-state index in [4.69, 9.17) is 0 Å². The summed E-state index contributed by atoms with van der Waals surface area (Å²) in [5.74, 6) is -0.0147. The van der Waals surface area contributed by atoms with Crippen molar-refractivity contribution < 1.29 is 7.05 Å². The Kier molecular flexibility index (Phi) is 2.51. The summed E-state index contributed by atoms with van der Waals surface area (Å²) in [7, 11) is 0. The molecule has 0 aromatic carbocycles. The molecule has 0 spiro atoms. The molecule has 0 aromatic rings. The fourth-order valence-corrected chi connectivity index (χ4v) is 1.89. The standard InChI is InChI=1S/C8H11.Al.2FH/c1-7-5-3-4-6-8(7)2;;;/h3-7H,1-2H3;;2*1H/q;+2;;/p-2. The second-order valence-corrected chi connectivity index (χ2v) is 5.04. The SMILES string of the molecule is CC1C=CC=C[C]1(C)[Al]([F])[F]. The van der Waals surface area contributed by atoms with Gasteiger partial charge in [0, 0.05) is 4.28 Å². The van der Waals surface area contributed by atoms with Gasteiger partial charge >= 0.3 is 15.1 Å². The highest BCUT2D eigenvalue weighted by atomic mass is 27.3. The minimum atomic E-state index is -3.56. The first kappa shape index (κ1) is 8.96. The van der Waals surface area contributed by atoms with E-state index < -0.39 is 19.3 Å². The maximum atomic E-state index is 12.6. The third-order valence-corrected chi connectivity index (χ3v) is 4.08. The van der Waals surface area contributed by atoms with E-state index in [2.05, 4.69) is 0 Å². The Hall–Kier alpha value is -0.128. The molecule has 1 aliphatic carbocycles. The first-order valence-electron chi connectivity index (χ1n) is 3.71. The van der Waals surface area contributed by atoms with Crippen LogP contribution in [-0.2, 0) is 0 Å². The molecule has 0 amide bonds. The van der Waals surface area contributed by atoms with Crippen molar-refractivity contribution in [1.82, 2.24) is 0 Å². The molecule has 0 saturated heterocycles. The third kappa shape index (κ3) is 1.55. The smallest absolute Gasteiger partial charge is 0.374 e. The van der Waals surface area contributed by atoms with Gasteiger partial charge in [0.1, 0.15) is 0 Å². The van der Waals surface area contributed by atoms with E-state index in [9.17, 15) is 7.05 Å². The van der Waals surface area contributed by atoms with Gasteiger partial charge in [-0.25, -0.2) is 0 Å². The average Bonchev–Trinajstić information content (AvgIpc) is 1.95. The number of hydrogen-bond donors (Lipinski definition) is 0. The maximum Gasteiger partial charge on any atom is 0.769 e. The molecule has 1 rings (SSSR count). The fourth-order valence-electron chi connectivity index (χ4n) is 1.12. The summed E-state index contributed by atoms with van der Waals surface area (Å²) in [6, 6.07) is 0. The predicted octanol–water partition coefficient (Wildman–Crippen LogP) is 2.94. The van der Waals surface area contributed by atoms with Crippen LogP contribution in [0.1, 0.15) is 13.8 Å². The quantitative estimate of drug-likeness (QED) is 0.533. The molecular formula is C8H11AlF2. The number of hydrogen-bond acceptors (Lipinski definition) is 0. The van der Waals surface area contributed by atoms with Crippen LogP contribution < -0.4 is 0 Å². The van der Waals surface area contributed by atoms with Crippen LogP contribution in [0.25, 0.3) is 0 Å². The Morgan fingerprint density at radius 1 is 1.36 bits per heavy atom. The highest BCUT2D eigenvalue weighted by molar-refractivity contribution is 6.48. The summed E-state index contributed by atoms with van der Waals surface area (Å²) in [4.78, 5) is 0. The van der Waals surface area contributed by atoms with E-state index in [1.165, 1.54) is 0 Å². The van der Waals surface area contributed by atoms with Crippen molar-refractivity contribution in [2.24, 2.45) is 5.92 Å². The minimum Gasteiger partial charge on any atom is -0.374 e. The largest absolute Gasteiger partial charge is 0.769 e. The zero-order valence-electron chi connectivity index (χ0n) is 6.72. The van der Waals surface area contributed by atoms with E-state index >= 15 is 0 Å². The lowest BCUT2D eigenvalue weighted by atomic mass is 9.90. The summed E-state index contributed by atoms with van der Waals surface area (Å²) in [5, 5.41) is 0. The Bertz CT molecular complexity index is 198. The lowest BCUT2D eigenvalue weighted by Crippen LogP contribution is -2.27. The van der Waals surface area contributed by atoms with Crippen LogP contribution >= 0.6 is 0 Å². The number of rotatable bonds is 1. The van der Waals surface area contributed by atoms with Crippen LogP contribution in [0.3, 0.4) is 0 Å². The highest BCUT2D eigenvalue weighted by Gasteiger charge is 2.47. The van der Waals surface area contributed by atoms with Crippen molar-refractivity contribution in [2.75, 3.05) is 0 Å². The second kappa shape index (κ2) is 3.08. The molecule has 0 heterocycles. The maximum absolute atomic E-state index is 12.6. The lowest BCUT2D eigenvalue weighted by Gasteiger charge is -2.29. The molecule has 2 atom stereocenters. The third-order valence-electron chi connectivity index (χ3n) is 2.42. The molecule has 0 N–H and O–H groups in total. The van der Waals surface area contributed by atoms with Crippen molar-refractivity contribution in [3.63, 3.8) is 0 Å². The molecule has 0 saturated carbocycles. The second-order valence-electron chi connectivity index (χ2n) is 3.20. The van der Waals surface area contributed by atoms with Gasteiger partial charge in [-0.2, -0.15) is 0 Å². The van der Waals surface area contributed by atoms with Gasteiger partial charge in [-0.1, -0.05) is 38.2 Å². The average molecular weight is 172 g/mol. The summed E-state index contributed by atoms with van der Waals surface area (Å²) >= 11 is -3.56. The first-order chi connectivity index (χ1) is 5.07. The van der Waals surface area contributed by atoms with Gasteiger partial charge in [-0.3, -0.25) is 0 Å². The molecule has 0 fully saturated rings. The van der Waals surface area contributed by atoms with Crippen molar-refractivity contribution in [3.05, 3.63) is 24.3 Å².